The summed E-state index contributed by atoms with van der Waals surface area (Å²) >= 11 is 0. The van der Waals surface area contributed by atoms with Crippen molar-refractivity contribution in [2.24, 2.45) is 11.7 Å². The molecule has 0 unspecified atom stereocenters. The Kier molecular flexibility index (Phi) is 6.97. The Balaban J connectivity index is 2.10. The number of amides is 2. The summed E-state index contributed by atoms with van der Waals surface area (Å²) in [6.45, 7) is -1.70. The number of aromatic nitrogens is 1. The number of benzene rings is 1. The fraction of sp³-hybridized carbons (Fsp3) is 0.381. The number of nitrogens with two attached hydrogens (primary N) is 1. The van der Waals surface area contributed by atoms with Gasteiger partial charge in [0.2, 0.25) is 0 Å². The van der Waals surface area contributed by atoms with Crippen molar-refractivity contribution in [2.75, 3.05) is 5.32 Å². The Morgan fingerprint density at radius 1 is 1.26 bits per heavy atom. The number of nitrogens with zero attached hydrogens (tertiary/aromatic N) is 1. The number of ether oxygens (including phenoxy) is 2. The molecule has 35 heavy (non-hydrogen) atoms. The molecule has 2 aromatic rings. The summed E-state index contributed by atoms with van der Waals surface area (Å²) in [6.07, 6.45) is -6.78. The number of rotatable bonds is 6. The maximum Gasteiger partial charge on any atom is 0.448 e. The number of hydrogen-bond acceptors (Lipinski definition) is 5. The molecule has 0 bridgehead atoms. The molecule has 3 rings (SSSR count). The molecule has 3 N–H and O–H groups in total. The highest BCUT2D eigenvalue weighted by atomic mass is 19.4. The Hall–Kier alpha value is -3.42. The molecule has 7 nitrogen and oxygen atoms in total. The Morgan fingerprint density at radius 3 is 2.49 bits per heavy atom. The van der Waals surface area contributed by atoms with Crippen LogP contribution in [0.2, 0.25) is 0 Å². The summed E-state index contributed by atoms with van der Waals surface area (Å²) < 4.78 is 105. The van der Waals surface area contributed by atoms with Gasteiger partial charge in [0.1, 0.15) is 23.4 Å². The number of hydrogen-bond donors (Lipinski definition) is 2. The zero-order valence-corrected chi connectivity index (χ0v) is 18.0. The first-order chi connectivity index (χ1) is 16.2. The largest absolute Gasteiger partial charge is 0.448 e. The van der Waals surface area contributed by atoms with Crippen molar-refractivity contribution < 1.29 is 49.8 Å². The van der Waals surface area contributed by atoms with E-state index in [0.29, 0.717) is 0 Å². The lowest BCUT2D eigenvalue weighted by atomic mass is 9.80. The summed E-state index contributed by atoms with van der Waals surface area (Å²) in [4.78, 5) is 27.9. The molecule has 2 heterocycles. The van der Waals surface area contributed by atoms with Gasteiger partial charge in [0.05, 0.1) is 0 Å². The lowest BCUT2D eigenvalue weighted by Crippen LogP contribution is -2.46. The zero-order chi connectivity index (χ0) is 26.3. The third-order valence-corrected chi connectivity index (χ3v) is 5.61. The van der Waals surface area contributed by atoms with E-state index in [1.807, 2.05) is 0 Å². The molecule has 0 aliphatic carbocycles. The van der Waals surface area contributed by atoms with Crippen molar-refractivity contribution in [1.82, 2.24) is 4.98 Å². The van der Waals surface area contributed by atoms with Gasteiger partial charge in [0.25, 0.3) is 11.8 Å². The highest BCUT2D eigenvalue weighted by molar-refractivity contribution is 5.97. The van der Waals surface area contributed by atoms with Crippen LogP contribution in [0.4, 0.5) is 36.4 Å². The van der Waals surface area contributed by atoms with E-state index >= 15 is 4.39 Å². The van der Waals surface area contributed by atoms with E-state index in [1.54, 1.807) is 0 Å². The highest BCUT2D eigenvalue weighted by Crippen LogP contribution is 2.56. The smallest absolute Gasteiger partial charge is 0.434 e. The standard InChI is InChI=1S/C21H18F7N3O4/c1-8-12(22)4-3-11(15(8)34-19(23)24)14-9(2)20(25,21(26,27)28)35-16(14)18(33)31-10-5-6-30-13(7-10)17(29)32/h3-7,9,14,16,19H,1-2H3,(H2,29,32)(H,30,31,33)/t9-,14+,16-,20+/m1/s1. The summed E-state index contributed by atoms with van der Waals surface area (Å²) in [5.74, 6) is -12.5. The van der Waals surface area contributed by atoms with Gasteiger partial charge in [-0.2, -0.15) is 22.0 Å². The van der Waals surface area contributed by atoms with E-state index in [0.717, 1.165) is 44.3 Å². The second-order valence-corrected chi connectivity index (χ2v) is 7.75. The van der Waals surface area contributed by atoms with E-state index in [-0.39, 0.29) is 11.4 Å². The van der Waals surface area contributed by atoms with Crippen LogP contribution < -0.4 is 15.8 Å². The third kappa shape index (κ3) is 4.88. The van der Waals surface area contributed by atoms with Gasteiger partial charge in [-0.1, -0.05) is 13.0 Å². The number of halogens is 7. The molecule has 4 atom stereocenters. The summed E-state index contributed by atoms with van der Waals surface area (Å²) in [6, 6.07) is 3.76. The van der Waals surface area contributed by atoms with Gasteiger partial charge >= 0.3 is 18.6 Å². The minimum absolute atomic E-state index is 0.142. The molecule has 0 saturated carbocycles. The number of anilines is 1. The summed E-state index contributed by atoms with van der Waals surface area (Å²) in [7, 11) is 0. The van der Waals surface area contributed by atoms with Gasteiger partial charge in [0.15, 0.2) is 0 Å². The van der Waals surface area contributed by atoms with Crippen LogP contribution in [-0.2, 0) is 9.53 Å². The number of pyridine rings is 1. The second-order valence-electron chi connectivity index (χ2n) is 7.75. The average molecular weight is 509 g/mol. The molecule has 1 aromatic heterocycles. The quantitative estimate of drug-likeness (QED) is 0.568. The lowest BCUT2D eigenvalue weighted by Gasteiger charge is -2.28. The molecule has 1 aliphatic heterocycles. The van der Waals surface area contributed by atoms with Crippen LogP contribution in [0.5, 0.6) is 5.75 Å². The Bertz CT molecular complexity index is 1140. The van der Waals surface area contributed by atoms with Gasteiger partial charge in [-0.3, -0.25) is 14.6 Å². The molecule has 190 valence electrons. The minimum atomic E-state index is -5.62. The van der Waals surface area contributed by atoms with Crippen molar-refractivity contribution in [3.63, 3.8) is 0 Å². The summed E-state index contributed by atoms with van der Waals surface area (Å²) in [5, 5.41) is 2.17. The summed E-state index contributed by atoms with van der Waals surface area (Å²) in [5.41, 5.74) is 3.68. The van der Waals surface area contributed by atoms with Crippen molar-refractivity contribution in [3.8, 4) is 5.75 Å². The third-order valence-electron chi connectivity index (χ3n) is 5.61. The van der Waals surface area contributed by atoms with Crippen molar-refractivity contribution in [2.45, 2.75) is 44.5 Å². The first-order valence-electron chi connectivity index (χ1n) is 9.91. The highest BCUT2D eigenvalue weighted by Gasteiger charge is 2.70. The fourth-order valence-electron chi connectivity index (χ4n) is 3.89. The minimum Gasteiger partial charge on any atom is -0.434 e. The van der Waals surface area contributed by atoms with Crippen LogP contribution in [0.3, 0.4) is 0 Å². The predicted octanol–water partition coefficient (Wildman–Crippen LogP) is 4.21. The maximum absolute atomic E-state index is 15.2. The van der Waals surface area contributed by atoms with E-state index in [4.69, 9.17) is 5.73 Å². The Morgan fingerprint density at radius 2 is 1.91 bits per heavy atom. The molecule has 14 heteroatoms. The molecule has 1 saturated heterocycles. The average Bonchev–Trinajstić information content (AvgIpc) is 3.04. The first kappa shape index (κ1) is 26.2. The number of alkyl halides is 6. The van der Waals surface area contributed by atoms with Gasteiger partial charge < -0.3 is 20.5 Å². The first-order valence-corrected chi connectivity index (χ1v) is 9.91. The van der Waals surface area contributed by atoms with Crippen LogP contribution in [0.25, 0.3) is 0 Å². The van der Waals surface area contributed by atoms with Gasteiger partial charge in [0, 0.05) is 34.8 Å². The van der Waals surface area contributed by atoms with Crippen LogP contribution in [0, 0.1) is 18.7 Å². The molecule has 1 fully saturated rings. The topological polar surface area (TPSA) is 104 Å². The predicted molar refractivity (Wildman–Crippen MR) is 106 cm³/mol. The number of carbonyl (C=O) groups is 2. The Labute approximate surface area is 193 Å². The normalized spacial score (nSPS) is 24.5. The van der Waals surface area contributed by atoms with Gasteiger partial charge in [-0.25, -0.2) is 8.78 Å². The molecule has 0 radical (unpaired) electrons. The number of primary amides is 1. The molecule has 2 amide bonds. The molecular weight excluding hydrogens is 491 g/mol. The molecule has 1 aliphatic rings. The number of carbonyl (C=O) groups excluding carboxylic acids is 2. The molecular formula is C21H18F7N3O4. The van der Waals surface area contributed by atoms with Crippen LogP contribution in [0.1, 0.15) is 34.5 Å². The monoisotopic (exact) mass is 509 g/mol. The van der Waals surface area contributed by atoms with E-state index in [1.165, 1.54) is 0 Å². The zero-order valence-electron chi connectivity index (χ0n) is 18.0. The fourth-order valence-corrected chi connectivity index (χ4v) is 3.89. The van der Waals surface area contributed by atoms with Crippen molar-refractivity contribution in [1.29, 1.82) is 0 Å². The van der Waals surface area contributed by atoms with Crippen molar-refractivity contribution >= 4 is 17.5 Å². The van der Waals surface area contributed by atoms with E-state index < -0.39 is 71.1 Å². The van der Waals surface area contributed by atoms with Crippen LogP contribution >= 0.6 is 0 Å². The van der Waals surface area contributed by atoms with Gasteiger partial charge in [-0.05, 0) is 25.1 Å². The van der Waals surface area contributed by atoms with Gasteiger partial charge in [-0.15, -0.1) is 0 Å². The molecule has 0 spiro atoms. The van der Waals surface area contributed by atoms with E-state index in [2.05, 4.69) is 19.8 Å². The van der Waals surface area contributed by atoms with Crippen molar-refractivity contribution in [3.05, 3.63) is 53.1 Å². The number of nitrogens with one attached hydrogen (secondary N) is 1. The van der Waals surface area contributed by atoms with Crippen LogP contribution in [0.15, 0.2) is 30.5 Å². The lowest BCUT2D eigenvalue weighted by molar-refractivity contribution is -0.334. The second kappa shape index (κ2) is 9.32. The van der Waals surface area contributed by atoms with Crippen LogP contribution in [-0.4, -0.2) is 41.5 Å². The van der Waals surface area contributed by atoms with E-state index in [9.17, 15) is 35.9 Å². The molecule has 1 aromatic carbocycles. The maximum atomic E-state index is 15.2. The SMILES string of the molecule is Cc1c(F)ccc([C@@H]2[C@@H](C)[C@@](F)(C(F)(F)F)O[C@H]2C(=O)Nc2ccnc(C(N)=O)c2)c1OC(F)F.